The number of halogens is 1. The molecule has 0 aromatic heterocycles. The van der Waals surface area contributed by atoms with Crippen LogP contribution in [0.4, 0.5) is 0 Å². The average molecular weight is 348 g/mol. The van der Waals surface area contributed by atoms with E-state index in [1.54, 1.807) is 0 Å². The third-order valence-corrected chi connectivity index (χ3v) is 5.81. The van der Waals surface area contributed by atoms with Crippen molar-refractivity contribution in [3.8, 4) is 5.75 Å². The summed E-state index contributed by atoms with van der Waals surface area (Å²) in [6.07, 6.45) is 0.466. The predicted octanol–water partition coefficient (Wildman–Crippen LogP) is 2.08. The summed E-state index contributed by atoms with van der Waals surface area (Å²) in [4.78, 5) is 11.2. The summed E-state index contributed by atoms with van der Waals surface area (Å²) in [5.41, 5.74) is 0. The molecule has 2 rings (SSSR count). The number of methoxy groups -OCH3 is 1. The molecular formula is C14H18ClNO5S. The van der Waals surface area contributed by atoms with Crippen molar-refractivity contribution in [1.82, 2.24) is 4.31 Å². The molecule has 0 radical (unpaired) electrons. The summed E-state index contributed by atoms with van der Waals surface area (Å²) in [5, 5.41) is 9.46. The molecule has 122 valence electrons. The average Bonchev–Trinajstić information content (AvgIpc) is 2.46. The number of hydrogen-bond donors (Lipinski definition) is 1. The van der Waals surface area contributed by atoms with Crippen molar-refractivity contribution < 1.29 is 23.1 Å². The third kappa shape index (κ3) is 3.37. The lowest BCUT2D eigenvalue weighted by atomic mass is 9.92. The van der Waals surface area contributed by atoms with Crippen molar-refractivity contribution in [1.29, 1.82) is 0 Å². The first kappa shape index (κ1) is 17.1. The third-order valence-electron chi connectivity index (χ3n) is 3.72. The first-order chi connectivity index (χ1) is 10.3. The van der Waals surface area contributed by atoms with Crippen molar-refractivity contribution in [3.63, 3.8) is 0 Å². The van der Waals surface area contributed by atoms with Gasteiger partial charge in [-0.15, -0.1) is 0 Å². The zero-order valence-corrected chi connectivity index (χ0v) is 13.9. The van der Waals surface area contributed by atoms with Gasteiger partial charge in [-0.2, -0.15) is 4.31 Å². The van der Waals surface area contributed by atoms with E-state index in [4.69, 9.17) is 16.3 Å². The van der Waals surface area contributed by atoms with Crippen LogP contribution in [0.5, 0.6) is 5.75 Å². The second-order valence-electron chi connectivity index (χ2n) is 5.49. The van der Waals surface area contributed by atoms with Crippen molar-refractivity contribution in [2.24, 2.45) is 11.8 Å². The van der Waals surface area contributed by atoms with E-state index in [0.29, 0.717) is 6.42 Å². The SMILES string of the molecule is COc1ccc(Cl)cc1S(=O)(=O)N1CC(C)CC(C(=O)O)C1. The second kappa shape index (κ2) is 6.44. The molecule has 1 aromatic rings. The maximum absolute atomic E-state index is 12.8. The number of carbonyl (C=O) groups is 1. The van der Waals surface area contributed by atoms with E-state index in [9.17, 15) is 18.3 Å². The lowest BCUT2D eigenvalue weighted by Gasteiger charge is -2.34. The van der Waals surface area contributed by atoms with Crippen LogP contribution in [-0.2, 0) is 14.8 Å². The summed E-state index contributed by atoms with van der Waals surface area (Å²) in [7, 11) is -2.49. The molecule has 1 saturated heterocycles. The van der Waals surface area contributed by atoms with Gasteiger partial charge >= 0.3 is 5.97 Å². The van der Waals surface area contributed by atoms with Gasteiger partial charge in [-0.1, -0.05) is 18.5 Å². The Kier molecular flexibility index (Phi) is 4.99. The number of piperidine rings is 1. The monoisotopic (exact) mass is 347 g/mol. The fourth-order valence-electron chi connectivity index (χ4n) is 2.67. The normalized spacial score (nSPS) is 23.2. The molecule has 1 heterocycles. The fraction of sp³-hybridized carbons (Fsp3) is 0.500. The molecule has 6 nitrogen and oxygen atoms in total. The number of nitrogens with zero attached hydrogens (tertiary/aromatic N) is 1. The van der Waals surface area contributed by atoms with E-state index in [0.717, 1.165) is 0 Å². The standard InChI is InChI=1S/C14H18ClNO5S/c1-9-5-10(14(17)18)8-16(7-9)22(19,20)13-6-11(15)3-4-12(13)21-2/h3-4,6,9-10H,5,7-8H2,1-2H3,(H,17,18). The molecule has 22 heavy (non-hydrogen) atoms. The van der Waals surface area contributed by atoms with Gasteiger partial charge < -0.3 is 9.84 Å². The highest BCUT2D eigenvalue weighted by atomic mass is 35.5. The number of hydrogen-bond acceptors (Lipinski definition) is 4. The Labute approximate surface area is 134 Å². The maximum atomic E-state index is 12.8. The lowest BCUT2D eigenvalue weighted by Crippen LogP contribution is -2.45. The summed E-state index contributed by atoms with van der Waals surface area (Å²) in [5.74, 6) is -1.53. The minimum atomic E-state index is -3.87. The van der Waals surface area contributed by atoms with Gasteiger partial charge in [-0.05, 0) is 30.5 Å². The molecule has 2 atom stereocenters. The van der Waals surface area contributed by atoms with Gasteiger partial charge in [0.15, 0.2) is 0 Å². The maximum Gasteiger partial charge on any atom is 0.307 e. The summed E-state index contributed by atoms with van der Waals surface area (Å²) >= 11 is 5.89. The van der Waals surface area contributed by atoms with E-state index < -0.39 is 21.9 Å². The minimum absolute atomic E-state index is 0.0326. The molecule has 1 aliphatic heterocycles. The molecule has 1 N–H and O–H groups in total. The number of carboxylic acids is 1. The zero-order chi connectivity index (χ0) is 16.5. The zero-order valence-electron chi connectivity index (χ0n) is 12.3. The Morgan fingerprint density at radius 1 is 1.41 bits per heavy atom. The van der Waals surface area contributed by atoms with Crippen LogP contribution in [0.2, 0.25) is 5.02 Å². The lowest BCUT2D eigenvalue weighted by molar-refractivity contribution is -0.143. The van der Waals surface area contributed by atoms with E-state index in [1.165, 1.54) is 29.6 Å². The number of carboxylic acid groups (broad SMARTS) is 1. The molecule has 2 unspecified atom stereocenters. The van der Waals surface area contributed by atoms with Crippen LogP contribution < -0.4 is 4.74 Å². The predicted molar refractivity (Wildman–Crippen MR) is 81.7 cm³/mol. The molecule has 0 aliphatic carbocycles. The first-order valence-corrected chi connectivity index (χ1v) is 8.64. The van der Waals surface area contributed by atoms with Crippen LogP contribution in [-0.4, -0.2) is 44.0 Å². The van der Waals surface area contributed by atoms with Crippen LogP contribution in [0.15, 0.2) is 23.1 Å². The van der Waals surface area contributed by atoms with E-state index in [-0.39, 0.29) is 34.7 Å². The molecule has 1 aromatic carbocycles. The highest BCUT2D eigenvalue weighted by molar-refractivity contribution is 7.89. The van der Waals surface area contributed by atoms with Crippen LogP contribution in [0.25, 0.3) is 0 Å². The number of ether oxygens (including phenoxy) is 1. The topological polar surface area (TPSA) is 83.9 Å². The molecule has 8 heteroatoms. The summed E-state index contributed by atoms with van der Waals surface area (Å²) in [6.45, 7) is 2.08. The largest absolute Gasteiger partial charge is 0.495 e. The van der Waals surface area contributed by atoms with Crippen LogP contribution in [0.1, 0.15) is 13.3 Å². The Morgan fingerprint density at radius 3 is 2.68 bits per heavy atom. The number of sulfonamides is 1. The Morgan fingerprint density at radius 2 is 2.09 bits per heavy atom. The molecule has 0 bridgehead atoms. The molecular weight excluding hydrogens is 330 g/mol. The van der Waals surface area contributed by atoms with Gasteiger partial charge in [-0.3, -0.25) is 4.79 Å². The summed E-state index contributed by atoms with van der Waals surface area (Å²) in [6, 6.07) is 4.35. The molecule has 0 amide bonds. The van der Waals surface area contributed by atoms with Crippen molar-refractivity contribution in [2.75, 3.05) is 20.2 Å². The van der Waals surface area contributed by atoms with Gasteiger partial charge in [0.25, 0.3) is 0 Å². The van der Waals surface area contributed by atoms with E-state index in [2.05, 4.69) is 0 Å². The Balaban J connectivity index is 2.41. The molecule has 0 spiro atoms. The number of benzene rings is 1. The van der Waals surface area contributed by atoms with Gasteiger partial charge in [0, 0.05) is 18.1 Å². The van der Waals surface area contributed by atoms with Gasteiger partial charge in [0.05, 0.1) is 13.0 Å². The van der Waals surface area contributed by atoms with E-state index >= 15 is 0 Å². The number of aliphatic carboxylic acids is 1. The summed E-state index contributed by atoms with van der Waals surface area (Å²) < 4.78 is 32.0. The van der Waals surface area contributed by atoms with Crippen molar-refractivity contribution in [2.45, 2.75) is 18.2 Å². The van der Waals surface area contributed by atoms with E-state index in [1.807, 2.05) is 6.92 Å². The van der Waals surface area contributed by atoms with Crippen LogP contribution in [0.3, 0.4) is 0 Å². The molecule has 0 saturated carbocycles. The van der Waals surface area contributed by atoms with Crippen LogP contribution in [0, 0.1) is 11.8 Å². The van der Waals surface area contributed by atoms with Crippen molar-refractivity contribution in [3.05, 3.63) is 23.2 Å². The van der Waals surface area contributed by atoms with Crippen LogP contribution >= 0.6 is 11.6 Å². The molecule has 1 aliphatic rings. The van der Waals surface area contributed by atoms with Gasteiger partial charge in [0.2, 0.25) is 10.0 Å². The second-order valence-corrected chi connectivity index (χ2v) is 7.84. The number of rotatable bonds is 4. The van der Waals surface area contributed by atoms with Gasteiger partial charge in [-0.25, -0.2) is 8.42 Å². The Bertz CT molecular complexity index is 676. The highest BCUT2D eigenvalue weighted by Gasteiger charge is 2.37. The van der Waals surface area contributed by atoms with Crippen molar-refractivity contribution >= 4 is 27.6 Å². The smallest absolute Gasteiger partial charge is 0.307 e. The quantitative estimate of drug-likeness (QED) is 0.901. The fourth-order valence-corrected chi connectivity index (χ4v) is 4.69. The molecule has 1 fully saturated rings. The Hall–Kier alpha value is -1.31. The highest BCUT2D eigenvalue weighted by Crippen LogP contribution is 2.33. The first-order valence-electron chi connectivity index (χ1n) is 6.82. The minimum Gasteiger partial charge on any atom is -0.495 e. The van der Waals surface area contributed by atoms with Gasteiger partial charge in [0.1, 0.15) is 10.6 Å².